The molecule has 5 aromatic rings. The molecule has 5 rings (SSSR count). The molecule has 0 radical (unpaired) electrons. The van der Waals surface area contributed by atoms with Crippen LogP contribution in [0.15, 0.2) is 68.4 Å². The summed E-state index contributed by atoms with van der Waals surface area (Å²) in [6, 6.07) is 14.8. The Morgan fingerprint density at radius 1 is 0.875 bits per heavy atom. The molecule has 0 N–H and O–H groups in total. The van der Waals surface area contributed by atoms with Crippen LogP contribution in [0.4, 0.5) is 0 Å². The molecular weight excluding hydrogens is 304 g/mol. The molecule has 0 amide bonds. The van der Waals surface area contributed by atoms with Gasteiger partial charge in [-0.1, -0.05) is 12.1 Å². The Labute approximate surface area is 135 Å². The fourth-order valence-electron chi connectivity index (χ4n) is 3.32. The van der Waals surface area contributed by atoms with E-state index in [0.717, 1.165) is 21.9 Å². The Hall–Kier alpha value is -3.27. The zero-order valence-electron chi connectivity index (χ0n) is 12.8. The third kappa shape index (κ3) is 1.60. The Bertz CT molecular complexity index is 1310. The van der Waals surface area contributed by atoms with Crippen molar-refractivity contribution in [2.75, 3.05) is 7.11 Å². The summed E-state index contributed by atoms with van der Waals surface area (Å²) in [5.41, 5.74) is 1.58. The van der Waals surface area contributed by atoms with Crippen molar-refractivity contribution in [1.29, 1.82) is 0 Å². The number of ether oxygens (including phenoxy) is 1. The molecular formula is C20H12O4. The molecule has 116 valence electrons. The van der Waals surface area contributed by atoms with Gasteiger partial charge in [-0.25, -0.2) is 0 Å². The number of fused-ring (bicyclic) bond motifs is 7. The van der Waals surface area contributed by atoms with Crippen LogP contribution in [-0.2, 0) is 0 Å². The Morgan fingerprint density at radius 3 is 2.58 bits per heavy atom. The average Bonchev–Trinajstić information content (AvgIpc) is 3.11. The minimum atomic E-state index is -0.0791. The van der Waals surface area contributed by atoms with E-state index in [1.165, 1.54) is 0 Å². The monoisotopic (exact) mass is 316 g/mol. The maximum absolute atomic E-state index is 13.0. The van der Waals surface area contributed by atoms with Crippen molar-refractivity contribution in [2.24, 2.45) is 0 Å². The van der Waals surface area contributed by atoms with Gasteiger partial charge in [-0.3, -0.25) is 4.79 Å². The number of hydrogen-bond donors (Lipinski definition) is 0. The smallest absolute Gasteiger partial charge is 0.204 e. The lowest BCUT2D eigenvalue weighted by molar-refractivity contribution is 0.415. The SMILES string of the molecule is COc1ccc2c(c1)c1ccoc1c1c(=O)c3ccccc3oc21. The quantitative estimate of drug-likeness (QED) is 0.327. The molecule has 0 aliphatic heterocycles. The predicted molar refractivity (Wildman–Crippen MR) is 93.8 cm³/mol. The fraction of sp³-hybridized carbons (Fsp3) is 0.0500. The van der Waals surface area contributed by atoms with Gasteiger partial charge in [-0.2, -0.15) is 0 Å². The van der Waals surface area contributed by atoms with Gasteiger partial charge < -0.3 is 13.6 Å². The second kappa shape index (κ2) is 4.61. The van der Waals surface area contributed by atoms with E-state index in [2.05, 4.69) is 0 Å². The first-order valence-corrected chi connectivity index (χ1v) is 7.60. The van der Waals surface area contributed by atoms with Gasteiger partial charge in [0, 0.05) is 16.2 Å². The molecule has 4 heteroatoms. The van der Waals surface area contributed by atoms with Crippen LogP contribution < -0.4 is 10.2 Å². The number of hydrogen-bond acceptors (Lipinski definition) is 4. The highest BCUT2D eigenvalue weighted by atomic mass is 16.5. The highest BCUT2D eigenvalue weighted by Gasteiger charge is 2.18. The summed E-state index contributed by atoms with van der Waals surface area (Å²) in [5, 5.41) is 3.70. The first kappa shape index (κ1) is 13.2. The van der Waals surface area contributed by atoms with Crippen LogP contribution in [-0.4, -0.2) is 7.11 Å². The van der Waals surface area contributed by atoms with E-state index < -0.39 is 0 Å². The van der Waals surface area contributed by atoms with Crippen molar-refractivity contribution in [3.63, 3.8) is 0 Å². The Balaban J connectivity index is 2.16. The number of furan rings is 1. The highest BCUT2D eigenvalue weighted by molar-refractivity contribution is 6.23. The van der Waals surface area contributed by atoms with Crippen molar-refractivity contribution in [1.82, 2.24) is 0 Å². The minimum absolute atomic E-state index is 0.0791. The van der Waals surface area contributed by atoms with Crippen LogP contribution in [0.2, 0.25) is 0 Å². The second-order valence-electron chi connectivity index (χ2n) is 5.71. The number of rotatable bonds is 1. The van der Waals surface area contributed by atoms with E-state index >= 15 is 0 Å². The molecule has 3 aromatic carbocycles. The minimum Gasteiger partial charge on any atom is -0.497 e. The van der Waals surface area contributed by atoms with Crippen molar-refractivity contribution < 1.29 is 13.6 Å². The van der Waals surface area contributed by atoms with Crippen LogP contribution in [0.5, 0.6) is 5.75 Å². The predicted octanol–water partition coefficient (Wildman–Crippen LogP) is 4.85. The molecule has 0 saturated heterocycles. The van der Waals surface area contributed by atoms with Gasteiger partial charge in [0.2, 0.25) is 5.43 Å². The Morgan fingerprint density at radius 2 is 1.71 bits per heavy atom. The molecule has 0 unspecified atom stereocenters. The second-order valence-corrected chi connectivity index (χ2v) is 5.71. The van der Waals surface area contributed by atoms with E-state index in [0.29, 0.717) is 27.5 Å². The van der Waals surface area contributed by atoms with Crippen LogP contribution in [0.1, 0.15) is 0 Å². The normalized spacial score (nSPS) is 11.7. The van der Waals surface area contributed by atoms with Crippen LogP contribution >= 0.6 is 0 Å². The lowest BCUT2D eigenvalue weighted by atomic mass is 10.0. The summed E-state index contributed by atoms with van der Waals surface area (Å²) < 4.78 is 17.1. The standard InChI is InChI=1S/C20H12O4/c1-22-11-6-7-12-15(10-11)13-8-9-23-19(13)17-18(21)14-4-2-3-5-16(14)24-20(12)17/h2-10H,1H3. The maximum atomic E-state index is 13.0. The summed E-state index contributed by atoms with van der Waals surface area (Å²) in [4.78, 5) is 13.0. The third-order valence-electron chi connectivity index (χ3n) is 4.45. The summed E-state index contributed by atoms with van der Waals surface area (Å²) in [5.74, 6) is 0.743. The molecule has 2 heterocycles. The van der Waals surface area contributed by atoms with Gasteiger partial charge in [0.25, 0.3) is 0 Å². The zero-order chi connectivity index (χ0) is 16.3. The molecule has 0 aliphatic rings. The van der Waals surface area contributed by atoms with Crippen molar-refractivity contribution >= 4 is 43.7 Å². The van der Waals surface area contributed by atoms with E-state index in [9.17, 15) is 4.79 Å². The van der Waals surface area contributed by atoms with E-state index in [1.54, 1.807) is 25.5 Å². The van der Waals surface area contributed by atoms with Crippen molar-refractivity contribution in [3.8, 4) is 5.75 Å². The largest absolute Gasteiger partial charge is 0.497 e. The molecule has 0 fully saturated rings. The van der Waals surface area contributed by atoms with Crippen LogP contribution in [0.3, 0.4) is 0 Å². The van der Waals surface area contributed by atoms with Gasteiger partial charge in [0.15, 0.2) is 0 Å². The molecule has 0 atom stereocenters. The first-order valence-electron chi connectivity index (χ1n) is 7.60. The molecule has 4 nitrogen and oxygen atoms in total. The maximum Gasteiger partial charge on any atom is 0.204 e. The summed E-state index contributed by atoms with van der Waals surface area (Å²) >= 11 is 0. The topological polar surface area (TPSA) is 52.6 Å². The van der Waals surface area contributed by atoms with E-state index in [1.807, 2.05) is 36.4 Å². The van der Waals surface area contributed by atoms with Crippen molar-refractivity contribution in [3.05, 3.63) is 65.0 Å². The number of benzene rings is 3. The van der Waals surface area contributed by atoms with E-state index in [4.69, 9.17) is 13.6 Å². The first-order chi connectivity index (χ1) is 11.8. The number of para-hydroxylation sites is 1. The molecule has 0 bridgehead atoms. The summed E-state index contributed by atoms with van der Waals surface area (Å²) in [6.07, 6.45) is 1.59. The van der Waals surface area contributed by atoms with Gasteiger partial charge >= 0.3 is 0 Å². The average molecular weight is 316 g/mol. The number of methoxy groups -OCH3 is 1. The summed E-state index contributed by atoms with van der Waals surface area (Å²) in [6.45, 7) is 0. The van der Waals surface area contributed by atoms with Gasteiger partial charge in [-0.05, 0) is 36.4 Å². The van der Waals surface area contributed by atoms with Crippen LogP contribution in [0, 0.1) is 0 Å². The Kier molecular flexibility index (Phi) is 2.54. The van der Waals surface area contributed by atoms with E-state index in [-0.39, 0.29) is 5.43 Å². The van der Waals surface area contributed by atoms with Crippen LogP contribution in [0.25, 0.3) is 43.7 Å². The molecule has 24 heavy (non-hydrogen) atoms. The molecule has 0 aliphatic carbocycles. The summed E-state index contributed by atoms with van der Waals surface area (Å²) in [7, 11) is 1.63. The van der Waals surface area contributed by atoms with Gasteiger partial charge in [-0.15, -0.1) is 0 Å². The highest BCUT2D eigenvalue weighted by Crippen LogP contribution is 2.37. The van der Waals surface area contributed by atoms with Gasteiger partial charge in [0.1, 0.15) is 27.9 Å². The lowest BCUT2D eigenvalue weighted by Gasteiger charge is -2.08. The fourth-order valence-corrected chi connectivity index (χ4v) is 3.32. The van der Waals surface area contributed by atoms with Crippen molar-refractivity contribution in [2.45, 2.75) is 0 Å². The van der Waals surface area contributed by atoms with Gasteiger partial charge in [0.05, 0.1) is 18.8 Å². The molecule has 0 spiro atoms. The lowest BCUT2D eigenvalue weighted by Crippen LogP contribution is -2.02. The molecule has 2 aromatic heterocycles. The zero-order valence-corrected chi connectivity index (χ0v) is 12.8. The third-order valence-corrected chi connectivity index (χ3v) is 4.45. The molecule has 0 saturated carbocycles.